The summed E-state index contributed by atoms with van der Waals surface area (Å²) in [7, 11) is 0. The number of hydrogen-bond acceptors (Lipinski definition) is 3. The molecule has 1 rings (SSSR count). The number of nitrogens with two attached hydrogens (primary N) is 1. The minimum absolute atomic E-state index is 0.435. The van der Waals surface area contributed by atoms with Crippen molar-refractivity contribution in [3.8, 4) is 0 Å². The normalized spacial score (nSPS) is 35.2. The highest BCUT2D eigenvalue weighted by Crippen LogP contribution is 2.09. The Morgan fingerprint density at radius 3 is 2.78 bits per heavy atom. The van der Waals surface area contributed by atoms with E-state index in [1.54, 1.807) is 11.3 Å². The number of hydrazine groups is 1. The molecule has 1 aliphatic heterocycles. The molecule has 52 valence electrons. The zero-order valence-corrected chi connectivity index (χ0v) is 5.91. The molecule has 0 saturated heterocycles. The van der Waals surface area contributed by atoms with Gasteiger partial charge in [0.15, 0.2) is 0 Å². The van der Waals surface area contributed by atoms with Crippen LogP contribution in [-0.4, -0.2) is 23.9 Å². The molecule has 0 amide bonds. The zero-order valence-electron chi connectivity index (χ0n) is 5.91. The Hall–Kier alpha value is -0.570. The summed E-state index contributed by atoms with van der Waals surface area (Å²) in [6.07, 6.45) is 1.70. The number of hydrogen-bond donors (Lipinski definition) is 1. The van der Waals surface area contributed by atoms with Gasteiger partial charge in [-0.25, -0.2) is 5.84 Å². The first-order valence-electron chi connectivity index (χ1n) is 3.25. The molecular formula is C6H13N3. The maximum absolute atomic E-state index is 5.47. The zero-order chi connectivity index (χ0) is 6.85. The van der Waals surface area contributed by atoms with E-state index in [9.17, 15) is 0 Å². The van der Waals surface area contributed by atoms with Gasteiger partial charge in [-0.1, -0.05) is 6.92 Å². The quantitative estimate of drug-likeness (QED) is 0.473. The molecule has 2 atom stereocenters. The average Bonchev–Trinajstić information content (AvgIpc) is 1.80. The van der Waals surface area contributed by atoms with Gasteiger partial charge in [-0.3, -0.25) is 4.99 Å². The SMILES string of the molecule is CC1CN(N)C=NC1C. The van der Waals surface area contributed by atoms with Crippen molar-refractivity contribution >= 4 is 6.34 Å². The van der Waals surface area contributed by atoms with Crippen molar-refractivity contribution in [3.63, 3.8) is 0 Å². The van der Waals surface area contributed by atoms with Crippen molar-refractivity contribution < 1.29 is 0 Å². The summed E-state index contributed by atoms with van der Waals surface area (Å²) in [5.41, 5.74) is 0. The number of nitrogens with zero attached hydrogens (tertiary/aromatic N) is 2. The molecule has 0 aromatic rings. The fourth-order valence-electron chi connectivity index (χ4n) is 0.870. The molecule has 0 aliphatic carbocycles. The van der Waals surface area contributed by atoms with Gasteiger partial charge in [0.1, 0.15) is 0 Å². The highest BCUT2D eigenvalue weighted by Gasteiger charge is 2.15. The maximum atomic E-state index is 5.47. The molecule has 0 aromatic heterocycles. The third kappa shape index (κ3) is 1.42. The van der Waals surface area contributed by atoms with Crippen molar-refractivity contribution in [1.82, 2.24) is 5.01 Å². The fourth-order valence-corrected chi connectivity index (χ4v) is 0.870. The third-order valence-electron chi connectivity index (χ3n) is 1.77. The molecular weight excluding hydrogens is 114 g/mol. The van der Waals surface area contributed by atoms with Crippen molar-refractivity contribution in [2.45, 2.75) is 19.9 Å². The lowest BCUT2D eigenvalue weighted by Gasteiger charge is -2.26. The molecule has 2 unspecified atom stereocenters. The summed E-state index contributed by atoms with van der Waals surface area (Å²) in [5.74, 6) is 6.05. The molecule has 3 nitrogen and oxygen atoms in total. The monoisotopic (exact) mass is 127 g/mol. The molecule has 2 N–H and O–H groups in total. The Kier molecular flexibility index (Phi) is 1.71. The second-order valence-electron chi connectivity index (χ2n) is 2.68. The molecule has 0 bridgehead atoms. The van der Waals surface area contributed by atoms with Crippen LogP contribution in [0.4, 0.5) is 0 Å². The predicted molar refractivity (Wildman–Crippen MR) is 38.0 cm³/mol. The van der Waals surface area contributed by atoms with Crippen molar-refractivity contribution in [1.29, 1.82) is 0 Å². The minimum Gasteiger partial charge on any atom is -0.301 e. The smallest absolute Gasteiger partial charge is 0.0993 e. The van der Waals surface area contributed by atoms with Crippen molar-refractivity contribution in [3.05, 3.63) is 0 Å². The summed E-state index contributed by atoms with van der Waals surface area (Å²) in [6, 6.07) is 0.435. The van der Waals surface area contributed by atoms with Gasteiger partial charge in [0.2, 0.25) is 0 Å². The first-order valence-corrected chi connectivity index (χ1v) is 3.25. The lowest BCUT2D eigenvalue weighted by molar-refractivity contribution is 0.315. The van der Waals surface area contributed by atoms with Crippen LogP contribution in [0.15, 0.2) is 4.99 Å². The van der Waals surface area contributed by atoms with Crippen LogP contribution in [0.3, 0.4) is 0 Å². The highest BCUT2D eigenvalue weighted by molar-refractivity contribution is 5.55. The van der Waals surface area contributed by atoms with E-state index in [1.807, 2.05) is 0 Å². The first kappa shape index (κ1) is 6.55. The molecule has 0 saturated carbocycles. The summed E-state index contributed by atoms with van der Waals surface area (Å²) in [5, 5.41) is 1.63. The van der Waals surface area contributed by atoms with Crippen LogP contribution < -0.4 is 5.84 Å². The Morgan fingerprint density at radius 2 is 2.33 bits per heavy atom. The van der Waals surface area contributed by atoms with Crippen LogP contribution in [0.2, 0.25) is 0 Å². The Labute approximate surface area is 55.5 Å². The second-order valence-corrected chi connectivity index (χ2v) is 2.68. The van der Waals surface area contributed by atoms with Crippen LogP contribution in [0, 0.1) is 5.92 Å². The number of aliphatic imine (C=N–C) groups is 1. The van der Waals surface area contributed by atoms with Gasteiger partial charge in [0.25, 0.3) is 0 Å². The summed E-state index contributed by atoms with van der Waals surface area (Å²) >= 11 is 0. The van der Waals surface area contributed by atoms with E-state index in [0.717, 1.165) is 6.54 Å². The van der Waals surface area contributed by atoms with Gasteiger partial charge in [-0.05, 0) is 12.8 Å². The van der Waals surface area contributed by atoms with Gasteiger partial charge >= 0.3 is 0 Å². The average molecular weight is 127 g/mol. The van der Waals surface area contributed by atoms with Crippen LogP contribution >= 0.6 is 0 Å². The van der Waals surface area contributed by atoms with Crippen LogP contribution in [0.25, 0.3) is 0 Å². The second kappa shape index (κ2) is 2.35. The van der Waals surface area contributed by atoms with Gasteiger partial charge in [-0.15, -0.1) is 0 Å². The topological polar surface area (TPSA) is 41.6 Å². The van der Waals surface area contributed by atoms with E-state index in [-0.39, 0.29) is 0 Å². The van der Waals surface area contributed by atoms with Gasteiger partial charge in [0, 0.05) is 6.54 Å². The maximum Gasteiger partial charge on any atom is 0.0993 e. The van der Waals surface area contributed by atoms with E-state index in [2.05, 4.69) is 18.8 Å². The van der Waals surface area contributed by atoms with E-state index < -0.39 is 0 Å². The Balaban J connectivity index is 2.54. The van der Waals surface area contributed by atoms with Gasteiger partial charge < -0.3 is 5.01 Å². The predicted octanol–water partition coefficient (Wildman–Crippen LogP) is 0.229. The largest absolute Gasteiger partial charge is 0.301 e. The molecule has 0 radical (unpaired) electrons. The fraction of sp³-hybridized carbons (Fsp3) is 0.833. The van der Waals surface area contributed by atoms with Gasteiger partial charge in [-0.2, -0.15) is 0 Å². The summed E-state index contributed by atoms with van der Waals surface area (Å²) in [4.78, 5) is 4.17. The van der Waals surface area contributed by atoms with Crippen LogP contribution in [0.5, 0.6) is 0 Å². The van der Waals surface area contributed by atoms with E-state index >= 15 is 0 Å². The highest BCUT2D eigenvalue weighted by atomic mass is 15.4. The molecule has 1 heterocycles. The molecule has 1 aliphatic rings. The molecule has 0 spiro atoms. The summed E-state index contributed by atoms with van der Waals surface area (Å²) in [6.45, 7) is 5.18. The standard InChI is InChI=1S/C6H13N3/c1-5-3-9(7)4-8-6(5)2/h4-6H,3,7H2,1-2H3. The third-order valence-corrected chi connectivity index (χ3v) is 1.77. The summed E-state index contributed by atoms with van der Waals surface area (Å²) < 4.78 is 0. The van der Waals surface area contributed by atoms with E-state index in [1.165, 1.54) is 0 Å². The van der Waals surface area contributed by atoms with E-state index in [0.29, 0.717) is 12.0 Å². The minimum atomic E-state index is 0.435. The lowest BCUT2D eigenvalue weighted by Crippen LogP contribution is -2.40. The lowest BCUT2D eigenvalue weighted by atomic mass is 10.0. The molecule has 0 fully saturated rings. The van der Waals surface area contributed by atoms with Crippen molar-refractivity contribution in [2.75, 3.05) is 6.54 Å². The molecule has 9 heavy (non-hydrogen) atoms. The number of rotatable bonds is 0. The van der Waals surface area contributed by atoms with Gasteiger partial charge in [0.05, 0.1) is 12.4 Å². The Bertz CT molecular complexity index is 121. The molecule has 3 heteroatoms. The molecule has 0 aromatic carbocycles. The van der Waals surface area contributed by atoms with Crippen LogP contribution in [-0.2, 0) is 0 Å². The van der Waals surface area contributed by atoms with E-state index in [4.69, 9.17) is 5.84 Å². The van der Waals surface area contributed by atoms with Crippen LogP contribution in [0.1, 0.15) is 13.8 Å². The van der Waals surface area contributed by atoms with Crippen molar-refractivity contribution in [2.24, 2.45) is 16.8 Å². The first-order chi connectivity index (χ1) is 4.20. The Morgan fingerprint density at radius 1 is 1.67 bits per heavy atom.